The van der Waals surface area contributed by atoms with Crippen molar-refractivity contribution in [3.8, 4) is 0 Å². The lowest BCUT2D eigenvalue weighted by Crippen LogP contribution is -2.27. The normalized spacial score (nSPS) is 16.4. The molecule has 1 heterocycles. The molecular weight excluding hydrogens is 236 g/mol. The van der Waals surface area contributed by atoms with E-state index in [2.05, 4.69) is 9.89 Å². The van der Waals surface area contributed by atoms with Gasteiger partial charge in [0, 0.05) is 6.54 Å². The van der Waals surface area contributed by atoms with Gasteiger partial charge in [0.05, 0.1) is 6.54 Å². The number of nitrogens with two attached hydrogens (primary N) is 2. The van der Waals surface area contributed by atoms with Gasteiger partial charge in [0.25, 0.3) is 0 Å². The van der Waals surface area contributed by atoms with Crippen molar-refractivity contribution < 1.29 is 17.5 Å². The fourth-order valence-electron chi connectivity index (χ4n) is 1.33. The maximum Gasteiger partial charge on any atom is 0.394 e. The highest BCUT2D eigenvalue weighted by atomic mass is 32.3. The molecule has 0 aromatic heterocycles. The molecule has 1 aliphatic rings. The van der Waals surface area contributed by atoms with E-state index in [1.54, 1.807) is 0 Å². The molecule has 0 saturated carbocycles. The van der Waals surface area contributed by atoms with Crippen LogP contribution >= 0.6 is 0 Å². The van der Waals surface area contributed by atoms with Crippen molar-refractivity contribution in [2.45, 2.75) is 12.8 Å². The Bertz CT molecular complexity index is 298. The molecular formula is C7H18N4O4S. The Balaban J connectivity index is 0.000000385. The van der Waals surface area contributed by atoms with Gasteiger partial charge in [0.15, 0.2) is 5.96 Å². The van der Waals surface area contributed by atoms with E-state index in [0.717, 1.165) is 13.1 Å². The third kappa shape index (κ3) is 13.1. The third-order valence-corrected chi connectivity index (χ3v) is 1.91. The SMILES string of the molecule is NC(N)=NCCN1CCCC1.O=S(=O)(O)O. The number of guanidine groups is 1. The predicted molar refractivity (Wildman–Crippen MR) is 60.5 cm³/mol. The van der Waals surface area contributed by atoms with E-state index < -0.39 is 10.4 Å². The highest BCUT2D eigenvalue weighted by molar-refractivity contribution is 7.79. The summed E-state index contributed by atoms with van der Waals surface area (Å²) in [7, 11) is -4.67. The first kappa shape index (κ1) is 15.1. The van der Waals surface area contributed by atoms with Gasteiger partial charge in [-0.1, -0.05) is 0 Å². The van der Waals surface area contributed by atoms with Crippen LogP contribution in [-0.2, 0) is 10.4 Å². The summed E-state index contributed by atoms with van der Waals surface area (Å²) < 4.78 is 31.6. The Morgan fingerprint density at radius 2 is 1.69 bits per heavy atom. The van der Waals surface area contributed by atoms with Gasteiger partial charge in [-0.25, -0.2) is 0 Å². The quantitative estimate of drug-likeness (QED) is 0.278. The third-order valence-electron chi connectivity index (χ3n) is 1.91. The molecule has 0 atom stereocenters. The molecule has 0 spiro atoms. The molecule has 1 fully saturated rings. The zero-order chi connectivity index (χ0) is 12.6. The predicted octanol–water partition coefficient (Wildman–Crippen LogP) is -1.30. The van der Waals surface area contributed by atoms with Crippen LogP contribution in [-0.4, -0.2) is 54.6 Å². The Morgan fingerprint density at radius 1 is 1.25 bits per heavy atom. The molecule has 96 valence electrons. The van der Waals surface area contributed by atoms with Crippen molar-refractivity contribution in [2.24, 2.45) is 16.5 Å². The molecule has 1 rings (SSSR count). The highest BCUT2D eigenvalue weighted by Gasteiger charge is 2.09. The minimum Gasteiger partial charge on any atom is -0.370 e. The van der Waals surface area contributed by atoms with E-state index in [1.807, 2.05) is 0 Å². The molecule has 0 aliphatic carbocycles. The Morgan fingerprint density at radius 3 is 2.06 bits per heavy atom. The zero-order valence-electron chi connectivity index (χ0n) is 8.91. The average Bonchev–Trinajstić information content (AvgIpc) is 2.52. The number of rotatable bonds is 3. The highest BCUT2D eigenvalue weighted by Crippen LogP contribution is 2.05. The minimum absolute atomic E-state index is 0.198. The summed E-state index contributed by atoms with van der Waals surface area (Å²) in [6, 6.07) is 0. The summed E-state index contributed by atoms with van der Waals surface area (Å²) in [5, 5.41) is 0. The molecule has 0 aromatic carbocycles. The molecule has 6 N–H and O–H groups in total. The molecule has 1 saturated heterocycles. The van der Waals surface area contributed by atoms with Crippen LogP contribution in [0.25, 0.3) is 0 Å². The van der Waals surface area contributed by atoms with Crippen molar-refractivity contribution in [3.63, 3.8) is 0 Å². The van der Waals surface area contributed by atoms with Crippen LogP contribution in [0.15, 0.2) is 4.99 Å². The van der Waals surface area contributed by atoms with E-state index in [-0.39, 0.29) is 5.96 Å². The van der Waals surface area contributed by atoms with Gasteiger partial charge in [0.1, 0.15) is 0 Å². The summed E-state index contributed by atoms with van der Waals surface area (Å²) in [6.45, 7) is 4.15. The largest absolute Gasteiger partial charge is 0.394 e. The number of nitrogens with zero attached hydrogens (tertiary/aromatic N) is 2. The maximum absolute atomic E-state index is 8.74. The van der Waals surface area contributed by atoms with E-state index >= 15 is 0 Å². The van der Waals surface area contributed by atoms with Crippen molar-refractivity contribution in [1.82, 2.24) is 4.90 Å². The van der Waals surface area contributed by atoms with E-state index in [1.165, 1.54) is 25.9 Å². The Kier molecular flexibility index (Phi) is 6.97. The number of hydrogen-bond donors (Lipinski definition) is 4. The van der Waals surface area contributed by atoms with Crippen LogP contribution in [0, 0.1) is 0 Å². The lowest BCUT2D eigenvalue weighted by Gasteiger charge is -2.11. The summed E-state index contributed by atoms with van der Waals surface area (Å²) in [5.41, 5.74) is 10.4. The average molecular weight is 254 g/mol. The van der Waals surface area contributed by atoms with Crippen LogP contribution in [0.4, 0.5) is 0 Å². The van der Waals surface area contributed by atoms with Crippen LogP contribution in [0.5, 0.6) is 0 Å². The molecule has 0 bridgehead atoms. The molecule has 0 unspecified atom stereocenters. The lowest BCUT2D eigenvalue weighted by atomic mass is 10.4. The minimum atomic E-state index is -4.67. The molecule has 0 radical (unpaired) electrons. The van der Waals surface area contributed by atoms with Crippen molar-refractivity contribution in [1.29, 1.82) is 0 Å². The summed E-state index contributed by atoms with van der Waals surface area (Å²) in [6.07, 6.45) is 2.64. The van der Waals surface area contributed by atoms with Gasteiger partial charge in [-0.3, -0.25) is 14.1 Å². The van der Waals surface area contributed by atoms with E-state index in [9.17, 15) is 0 Å². The van der Waals surface area contributed by atoms with Gasteiger partial charge in [-0.15, -0.1) is 0 Å². The lowest BCUT2D eigenvalue weighted by molar-refractivity contribution is 0.349. The second-order valence-electron chi connectivity index (χ2n) is 3.30. The van der Waals surface area contributed by atoms with Crippen LogP contribution in [0.2, 0.25) is 0 Å². The first-order chi connectivity index (χ1) is 7.29. The summed E-state index contributed by atoms with van der Waals surface area (Å²) in [5.74, 6) is 0.198. The fraction of sp³-hybridized carbons (Fsp3) is 0.857. The van der Waals surface area contributed by atoms with Gasteiger partial charge in [0.2, 0.25) is 0 Å². The van der Waals surface area contributed by atoms with Crippen molar-refractivity contribution in [2.75, 3.05) is 26.2 Å². The number of hydrogen-bond acceptors (Lipinski definition) is 4. The van der Waals surface area contributed by atoms with Gasteiger partial charge in [-0.05, 0) is 25.9 Å². The second-order valence-corrected chi connectivity index (χ2v) is 4.20. The standard InChI is InChI=1S/C7H16N4.H2O4S/c8-7(9)10-3-6-11-4-1-2-5-11;1-5(2,3)4/h1-6H2,(H4,8,9,10);(H2,1,2,3,4). The summed E-state index contributed by atoms with van der Waals surface area (Å²) in [4.78, 5) is 6.30. The Labute approximate surface area is 94.9 Å². The van der Waals surface area contributed by atoms with Crippen LogP contribution in [0.1, 0.15) is 12.8 Å². The Hall–Kier alpha value is -0.900. The number of likely N-dealkylation sites (tertiary alicyclic amines) is 1. The van der Waals surface area contributed by atoms with Gasteiger partial charge < -0.3 is 16.4 Å². The first-order valence-corrected chi connectivity index (χ1v) is 6.16. The molecule has 9 heteroatoms. The van der Waals surface area contributed by atoms with E-state index in [4.69, 9.17) is 29.0 Å². The maximum atomic E-state index is 8.74. The van der Waals surface area contributed by atoms with Crippen LogP contribution in [0.3, 0.4) is 0 Å². The van der Waals surface area contributed by atoms with E-state index in [0.29, 0.717) is 0 Å². The fourth-order valence-corrected chi connectivity index (χ4v) is 1.33. The van der Waals surface area contributed by atoms with Crippen molar-refractivity contribution in [3.05, 3.63) is 0 Å². The first-order valence-electron chi connectivity index (χ1n) is 4.76. The van der Waals surface area contributed by atoms with Gasteiger partial charge in [-0.2, -0.15) is 8.42 Å². The topological polar surface area (TPSA) is 142 Å². The van der Waals surface area contributed by atoms with Crippen LogP contribution < -0.4 is 11.5 Å². The second kappa shape index (κ2) is 7.39. The monoisotopic (exact) mass is 254 g/mol. The van der Waals surface area contributed by atoms with Gasteiger partial charge >= 0.3 is 10.4 Å². The molecule has 0 aromatic rings. The molecule has 1 aliphatic heterocycles. The van der Waals surface area contributed by atoms with Crippen molar-refractivity contribution >= 4 is 16.4 Å². The molecule has 16 heavy (non-hydrogen) atoms. The molecule has 0 amide bonds. The zero-order valence-corrected chi connectivity index (χ0v) is 9.73. The summed E-state index contributed by atoms with van der Waals surface area (Å²) >= 11 is 0. The smallest absolute Gasteiger partial charge is 0.370 e. The number of aliphatic imine (C=N–C) groups is 1. The molecule has 8 nitrogen and oxygen atoms in total.